The quantitative estimate of drug-likeness (QED) is 0.864. The summed E-state index contributed by atoms with van der Waals surface area (Å²) in [7, 11) is 0. The van der Waals surface area contributed by atoms with Gasteiger partial charge in [-0.05, 0) is 41.8 Å². The van der Waals surface area contributed by atoms with Crippen LogP contribution in [-0.2, 0) is 11.3 Å². The van der Waals surface area contributed by atoms with Gasteiger partial charge in [-0.2, -0.15) is 0 Å². The van der Waals surface area contributed by atoms with Crippen LogP contribution in [-0.4, -0.2) is 39.0 Å². The molecular formula is C14H19BrN2O3. The van der Waals surface area contributed by atoms with Crippen LogP contribution in [0, 0.1) is 5.92 Å². The van der Waals surface area contributed by atoms with Crippen molar-refractivity contribution in [3.8, 4) is 0 Å². The highest BCUT2D eigenvalue weighted by Crippen LogP contribution is 2.30. The fraction of sp³-hybridized carbons (Fsp3) is 0.571. The molecule has 1 aromatic heterocycles. The molecule has 0 bridgehead atoms. The van der Waals surface area contributed by atoms with Crippen molar-refractivity contribution in [1.29, 1.82) is 0 Å². The molecule has 1 atom stereocenters. The Morgan fingerprint density at radius 3 is 2.70 bits per heavy atom. The Morgan fingerprint density at radius 1 is 1.55 bits per heavy atom. The molecule has 1 N–H and O–H groups in total. The second-order valence-corrected chi connectivity index (χ2v) is 6.17. The summed E-state index contributed by atoms with van der Waals surface area (Å²) in [6, 6.07) is 2.00. The van der Waals surface area contributed by atoms with E-state index in [1.807, 2.05) is 17.7 Å². The van der Waals surface area contributed by atoms with Gasteiger partial charge in [-0.3, -0.25) is 9.59 Å². The number of hydrogen-bond donors (Lipinski definition) is 1. The Morgan fingerprint density at radius 2 is 2.20 bits per heavy atom. The van der Waals surface area contributed by atoms with E-state index in [4.69, 9.17) is 5.11 Å². The fourth-order valence-electron chi connectivity index (χ4n) is 2.22. The molecule has 0 unspecified atom stereocenters. The maximum absolute atomic E-state index is 12.7. The molecule has 1 aliphatic rings. The zero-order valence-corrected chi connectivity index (χ0v) is 13.3. The molecule has 0 radical (unpaired) electrons. The number of carbonyl (C=O) groups is 2. The van der Waals surface area contributed by atoms with Gasteiger partial charge in [0.1, 0.15) is 5.69 Å². The third-order valence-electron chi connectivity index (χ3n) is 3.56. The summed E-state index contributed by atoms with van der Waals surface area (Å²) in [5.74, 6) is -1.49. The van der Waals surface area contributed by atoms with E-state index in [1.165, 1.54) is 0 Å². The van der Waals surface area contributed by atoms with E-state index in [1.54, 1.807) is 17.9 Å². The van der Waals surface area contributed by atoms with E-state index in [9.17, 15) is 9.59 Å². The van der Waals surface area contributed by atoms with Crippen molar-refractivity contribution in [2.45, 2.75) is 39.3 Å². The number of carboxylic acid groups (broad SMARTS) is 1. The number of aryl methyl sites for hydroxylation is 1. The van der Waals surface area contributed by atoms with Crippen molar-refractivity contribution < 1.29 is 14.7 Å². The summed E-state index contributed by atoms with van der Waals surface area (Å²) in [5.41, 5.74) is 0.615. The molecule has 1 aromatic rings. The monoisotopic (exact) mass is 342 g/mol. The van der Waals surface area contributed by atoms with Gasteiger partial charge >= 0.3 is 5.97 Å². The first kappa shape index (κ1) is 15.1. The van der Waals surface area contributed by atoms with Gasteiger partial charge in [-0.1, -0.05) is 6.92 Å². The largest absolute Gasteiger partial charge is 0.481 e. The number of aliphatic carboxylic acids is 1. The molecule has 1 heterocycles. The summed E-state index contributed by atoms with van der Waals surface area (Å²) in [4.78, 5) is 25.4. The fourth-order valence-corrected chi connectivity index (χ4v) is 2.68. The number of hydrogen-bond acceptors (Lipinski definition) is 2. The maximum atomic E-state index is 12.7. The van der Waals surface area contributed by atoms with Crippen LogP contribution in [0.25, 0.3) is 0 Å². The molecular weight excluding hydrogens is 324 g/mol. The van der Waals surface area contributed by atoms with Crippen LogP contribution in [0.3, 0.4) is 0 Å². The Balaban J connectivity index is 2.20. The van der Waals surface area contributed by atoms with Crippen LogP contribution in [0.15, 0.2) is 16.7 Å². The van der Waals surface area contributed by atoms with Crippen molar-refractivity contribution >= 4 is 27.8 Å². The zero-order valence-electron chi connectivity index (χ0n) is 11.7. The van der Waals surface area contributed by atoms with Crippen LogP contribution < -0.4 is 0 Å². The van der Waals surface area contributed by atoms with Crippen LogP contribution in [0.2, 0.25) is 0 Å². The first-order valence-corrected chi connectivity index (χ1v) is 7.62. The number of rotatable bonds is 6. The normalized spacial score (nSPS) is 15.9. The third-order valence-corrected chi connectivity index (χ3v) is 4.00. The number of nitrogens with zero attached hydrogens (tertiary/aromatic N) is 2. The number of aromatic nitrogens is 1. The third kappa shape index (κ3) is 3.23. The summed E-state index contributed by atoms with van der Waals surface area (Å²) in [5, 5.41) is 9.04. The summed E-state index contributed by atoms with van der Waals surface area (Å²) < 4.78 is 2.75. The molecule has 2 rings (SSSR count). The summed E-state index contributed by atoms with van der Waals surface area (Å²) in [6.45, 7) is 4.59. The van der Waals surface area contributed by atoms with Crippen molar-refractivity contribution in [3.63, 3.8) is 0 Å². The van der Waals surface area contributed by atoms with Gasteiger partial charge in [0.15, 0.2) is 0 Å². The molecule has 0 saturated heterocycles. The number of halogens is 1. The smallest absolute Gasteiger partial charge is 0.308 e. The highest BCUT2D eigenvalue weighted by atomic mass is 79.9. The predicted molar refractivity (Wildman–Crippen MR) is 78.7 cm³/mol. The van der Waals surface area contributed by atoms with Gasteiger partial charge < -0.3 is 14.6 Å². The lowest BCUT2D eigenvalue weighted by molar-refractivity contribution is -0.141. The van der Waals surface area contributed by atoms with Gasteiger partial charge in [-0.15, -0.1) is 0 Å². The minimum atomic E-state index is -0.865. The highest BCUT2D eigenvalue weighted by molar-refractivity contribution is 9.10. The second-order valence-electron chi connectivity index (χ2n) is 5.26. The van der Waals surface area contributed by atoms with Crippen LogP contribution in [0.1, 0.15) is 37.2 Å². The van der Waals surface area contributed by atoms with Crippen LogP contribution >= 0.6 is 15.9 Å². The average molecular weight is 343 g/mol. The Bertz CT molecular complexity index is 522. The molecule has 20 heavy (non-hydrogen) atoms. The van der Waals surface area contributed by atoms with Gasteiger partial charge in [0.2, 0.25) is 0 Å². The molecule has 1 aliphatic carbocycles. The molecule has 0 spiro atoms. The number of carbonyl (C=O) groups excluding carboxylic acids is 1. The van der Waals surface area contributed by atoms with Gasteiger partial charge in [0, 0.05) is 29.8 Å². The van der Waals surface area contributed by atoms with Crippen LogP contribution in [0.5, 0.6) is 0 Å². The molecule has 110 valence electrons. The first-order chi connectivity index (χ1) is 9.43. The summed E-state index contributed by atoms with van der Waals surface area (Å²) in [6.07, 6.45) is 3.80. The molecule has 1 amide bonds. The lowest BCUT2D eigenvalue weighted by Gasteiger charge is -2.24. The molecule has 0 aliphatic heterocycles. The lowest BCUT2D eigenvalue weighted by Crippen LogP contribution is -2.39. The van der Waals surface area contributed by atoms with E-state index in [2.05, 4.69) is 15.9 Å². The first-order valence-electron chi connectivity index (χ1n) is 6.83. The SMILES string of the molecule is CCn1cc(Br)cc1C(=O)N(C[C@H](C)C(=O)O)C1CC1. The van der Waals surface area contributed by atoms with Crippen molar-refractivity contribution in [2.24, 2.45) is 5.92 Å². The second kappa shape index (κ2) is 5.99. The van der Waals surface area contributed by atoms with Gasteiger partial charge in [0.05, 0.1) is 5.92 Å². The van der Waals surface area contributed by atoms with E-state index in [-0.39, 0.29) is 18.5 Å². The van der Waals surface area contributed by atoms with Crippen molar-refractivity contribution in [1.82, 2.24) is 9.47 Å². The number of carboxylic acids is 1. The van der Waals surface area contributed by atoms with Crippen LogP contribution in [0.4, 0.5) is 0 Å². The minimum absolute atomic E-state index is 0.0758. The average Bonchev–Trinajstić information content (AvgIpc) is 3.17. The molecule has 0 aromatic carbocycles. The van der Waals surface area contributed by atoms with E-state index < -0.39 is 11.9 Å². The molecule has 1 saturated carbocycles. The predicted octanol–water partition coefficient (Wildman–Crippen LogP) is 2.60. The standard InChI is InChI=1S/C14H19BrN2O3/c1-3-16-8-10(15)6-12(16)13(18)17(11-4-5-11)7-9(2)14(19)20/h6,8-9,11H,3-5,7H2,1-2H3,(H,19,20)/t9-/m0/s1. The van der Waals surface area contributed by atoms with E-state index in [0.29, 0.717) is 12.2 Å². The highest BCUT2D eigenvalue weighted by Gasteiger charge is 2.35. The Hall–Kier alpha value is -1.30. The number of amides is 1. The minimum Gasteiger partial charge on any atom is -0.481 e. The Labute approximate surface area is 126 Å². The van der Waals surface area contributed by atoms with Crippen molar-refractivity contribution in [2.75, 3.05) is 6.54 Å². The van der Waals surface area contributed by atoms with E-state index >= 15 is 0 Å². The maximum Gasteiger partial charge on any atom is 0.308 e. The van der Waals surface area contributed by atoms with E-state index in [0.717, 1.165) is 17.3 Å². The molecule has 1 fully saturated rings. The molecule has 5 nitrogen and oxygen atoms in total. The van der Waals surface area contributed by atoms with Crippen molar-refractivity contribution in [3.05, 3.63) is 22.4 Å². The molecule has 6 heteroatoms. The summed E-state index contributed by atoms with van der Waals surface area (Å²) >= 11 is 3.38. The Kier molecular flexibility index (Phi) is 4.52. The van der Waals surface area contributed by atoms with Gasteiger partial charge in [0.25, 0.3) is 5.91 Å². The topological polar surface area (TPSA) is 62.5 Å². The van der Waals surface area contributed by atoms with Gasteiger partial charge in [-0.25, -0.2) is 0 Å². The zero-order chi connectivity index (χ0) is 14.9. The lowest BCUT2D eigenvalue weighted by atomic mass is 10.1.